The predicted octanol–water partition coefficient (Wildman–Crippen LogP) is 2.87. The highest BCUT2D eigenvalue weighted by Gasteiger charge is 2.21. The van der Waals surface area contributed by atoms with Crippen LogP contribution in [0.25, 0.3) is 0 Å². The molecule has 4 heteroatoms. The van der Waals surface area contributed by atoms with E-state index in [0.717, 1.165) is 18.7 Å². The second-order valence-corrected chi connectivity index (χ2v) is 6.34. The van der Waals surface area contributed by atoms with Crippen LogP contribution >= 0.6 is 0 Å². The molecule has 1 amide bonds. The minimum Gasteiger partial charge on any atom is -0.367 e. The molecule has 2 aromatic carbocycles. The lowest BCUT2D eigenvalue weighted by Crippen LogP contribution is -2.28. The van der Waals surface area contributed by atoms with Gasteiger partial charge in [-0.15, -0.1) is 0 Å². The van der Waals surface area contributed by atoms with Gasteiger partial charge in [-0.25, -0.2) is 0 Å². The molecule has 1 aliphatic heterocycles. The second-order valence-electron chi connectivity index (χ2n) is 6.34. The molecule has 0 aliphatic carbocycles. The molecule has 1 heterocycles. The maximum Gasteiger partial charge on any atom is 0.217 e. The lowest BCUT2D eigenvalue weighted by atomic mass is 9.94. The van der Waals surface area contributed by atoms with E-state index in [-0.39, 0.29) is 12.0 Å². The number of carbonyl (C=O) groups is 1. The van der Waals surface area contributed by atoms with Gasteiger partial charge < -0.3 is 10.1 Å². The van der Waals surface area contributed by atoms with E-state index in [1.54, 1.807) is 6.92 Å². The first-order valence-corrected chi connectivity index (χ1v) is 8.34. The van der Waals surface area contributed by atoms with Crippen molar-refractivity contribution in [1.29, 1.82) is 0 Å². The number of carbonyl (C=O) groups excluding carboxylic acids is 1. The van der Waals surface area contributed by atoms with Crippen molar-refractivity contribution in [1.82, 2.24) is 10.2 Å². The molecule has 0 aromatic heterocycles. The monoisotopic (exact) mass is 324 g/mol. The SMILES string of the molecule is CC(=O)NCc1ccc2c(c1)CN(C)CCOC2c1ccccc1. The van der Waals surface area contributed by atoms with Crippen LogP contribution in [0.1, 0.15) is 35.3 Å². The third-order valence-corrected chi connectivity index (χ3v) is 4.33. The lowest BCUT2D eigenvalue weighted by Gasteiger charge is -2.29. The number of benzene rings is 2. The number of rotatable bonds is 3. The fourth-order valence-electron chi connectivity index (χ4n) is 3.08. The molecule has 1 N–H and O–H groups in total. The van der Waals surface area contributed by atoms with Crippen molar-refractivity contribution in [2.45, 2.75) is 26.1 Å². The molecule has 4 nitrogen and oxygen atoms in total. The summed E-state index contributed by atoms with van der Waals surface area (Å²) >= 11 is 0. The van der Waals surface area contributed by atoms with Gasteiger partial charge in [0.05, 0.1) is 6.61 Å². The first-order valence-electron chi connectivity index (χ1n) is 8.34. The fraction of sp³-hybridized carbons (Fsp3) is 0.350. The summed E-state index contributed by atoms with van der Waals surface area (Å²) in [7, 11) is 2.11. The summed E-state index contributed by atoms with van der Waals surface area (Å²) in [5.41, 5.74) is 4.76. The maximum atomic E-state index is 11.2. The summed E-state index contributed by atoms with van der Waals surface area (Å²) in [6, 6.07) is 16.8. The molecular formula is C20H24N2O2. The largest absolute Gasteiger partial charge is 0.367 e. The van der Waals surface area contributed by atoms with E-state index in [9.17, 15) is 4.79 Å². The molecule has 1 unspecified atom stereocenters. The molecule has 2 aromatic rings. The molecule has 0 fully saturated rings. The van der Waals surface area contributed by atoms with Gasteiger partial charge in [-0.2, -0.15) is 0 Å². The average molecular weight is 324 g/mol. The Morgan fingerprint density at radius 2 is 2.04 bits per heavy atom. The fourth-order valence-corrected chi connectivity index (χ4v) is 3.08. The van der Waals surface area contributed by atoms with Gasteiger partial charge in [0.25, 0.3) is 0 Å². The number of hydrogen-bond donors (Lipinski definition) is 1. The number of likely N-dealkylation sites (N-methyl/N-ethyl adjacent to an activating group) is 1. The summed E-state index contributed by atoms with van der Waals surface area (Å²) in [5, 5.41) is 2.87. The minimum absolute atomic E-state index is 0.00986. The van der Waals surface area contributed by atoms with Crippen LogP contribution in [-0.4, -0.2) is 31.0 Å². The Balaban J connectivity index is 1.95. The van der Waals surface area contributed by atoms with E-state index < -0.39 is 0 Å². The van der Waals surface area contributed by atoms with E-state index in [0.29, 0.717) is 13.2 Å². The standard InChI is InChI=1S/C20H24N2O2/c1-15(23)21-13-16-8-9-19-18(12-16)14-22(2)10-11-24-20(19)17-6-4-3-5-7-17/h3-9,12,20H,10-11,13-14H2,1-2H3,(H,21,23). The Labute approximate surface area is 143 Å². The molecule has 0 spiro atoms. The van der Waals surface area contributed by atoms with Crippen LogP contribution in [0.15, 0.2) is 48.5 Å². The van der Waals surface area contributed by atoms with Crippen LogP contribution in [0.5, 0.6) is 0 Å². The predicted molar refractivity (Wildman–Crippen MR) is 94.5 cm³/mol. The molecule has 0 bridgehead atoms. The van der Waals surface area contributed by atoms with Gasteiger partial charge in [0.15, 0.2) is 0 Å². The van der Waals surface area contributed by atoms with Crippen LogP contribution in [-0.2, 0) is 22.6 Å². The van der Waals surface area contributed by atoms with Crippen LogP contribution < -0.4 is 5.32 Å². The minimum atomic E-state index is -0.0373. The summed E-state index contributed by atoms with van der Waals surface area (Å²) in [5.74, 6) is -0.00986. The van der Waals surface area contributed by atoms with Gasteiger partial charge in [-0.1, -0.05) is 48.5 Å². The van der Waals surface area contributed by atoms with E-state index in [4.69, 9.17) is 4.74 Å². The molecule has 24 heavy (non-hydrogen) atoms. The topological polar surface area (TPSA) is 41.6 Å². The number of nitrogens with one attached hydrogen (secondary N) is 1. The van der Waals surface area contributed by atoms with Gasteiger partial charge >= 0.3 is 0 Å². The van der Waals surface area contributed by atoms with Crippen molar-refractivity contribution in [2.24, 2.45) is 0 Å². The summed E-state index contributed by atoms with van der Waals surface area (Å²) in [6.07, 6.45) is -0.0373. The third kappa shape index (κ3) is 4.02. The van der Waals surface area contributed by atoms with Crippen molar-refractivity contribution in [2.75, 3.05) is 20.2 Å². The zero-order valence-electron chi connectivity index (χ0n) is 14.3. The van der Waals surface area contributed by atoms with Crippen molar-refractivity contribution >= 4 is 5.91 Å². The normalized spacial score (nSPS) is 18.3. The highest BCUT2D eigenvalue weighted by molar-refractivity contribution is 5.72. The van der Waals surface area contributed by atoms with Crippen molar-refractivity contribution in [3.63, 3.8) is 0 Å². The smallest absolute Gasteiger partial charge is 0.217 e. The van der Waals surface area contributed by atoms with Crippen LogP contribution in [0.3, 0.4) is 0 Å². The summed E-state index contributed by atoms with van der Waals surface area (Å²) in [6.45, 7) is 4.60. The second kappa shape index (κ2) is 7.60. The highest BCUT2D eigenvalue weighted by Crippen LogP contribution is 2.31. The van der Waals surface area contributed by atoms with E-state index in [1.165, 1.54) is 16.7 Å². The van der Waals surface area contributed by atoms with E-state index >= 15 is 0 Å². The maximum absolute atomic E-state index is 11.2. The number of ether oxygens (including phenoxy) is 1. The van der Waals surface area contributed by atoms with Gasteiger partial charge in [0.1, 0.15) is 6.10 Å². The summed E-state index contributed by atoms with van der Waals surface area (Å²) < 4.78 is 6.19. The molecule has 3 rings (SSSR count). The van der Waals surface area contributed by atoms with Crippen molar-refractivity contribution in [3.8, 4) is 0 Å². The first-order chi connectivity index (χ1) is 11.6. The Morgan fingerprint density at radius 1 is 1.25 bits per heavy atom. The Morgan fingerprint density at radius 3 is 2.79 bits per heavy atom. The number of amides is 1. The number of hydrogen-bond acceptors (Lipinski definition) is 3. The zero-order chi connectivity index (χ0) is 16.9. The average Bonchev–Trinajstić information content (AvgIpc) is 2.57. The summed E-state index contributed by atoms with van der Waals surface area (Å²) in [4.78, 5) is 13.4. The quantitative estimate of drug-likeness (QED) is 0.944. The van der Waals surface area contributed by atoms with Gasteiger partial charge in [0.2, 0.25) is 5.91 Å². The first kappa shape index (κ1) is 16.7. The van der Waals surface area contributed by atoms with Crippen LogP contribution in [0.2, 0.25) is 0 Å². The molecular weight excluding hydrogens is 300 g/mol. The number of fused-ring (bicyclic) bond motifs is 1. The molecule has 1 aliphatic rings. The molecule has 0 saturated carbocycles. The van der Waals surface area contributed by atoms with E-state index in [1.807, 2.05) is 6.07 Å². The molecule has 1 atom stereocenters. The molecule has 0 saturated heterocycles. The van der Waals surface area contributed by atoms with Crippen LogP contribution in [0, 0.1) is 0 Å². The Bertz CT molecular complexity index is 700. The molecule has 126 valence electrons. The van der Waals surface area contributed by atoms with Gasteiger partial charge in [-0.3, -0.25) is 9.69 Å². The van der Waals surface area contributed by atoms with Crippen molar-refractivity contribution < 1.29 is 9.53 Å². The third-order valence-electron chi connectivity index (χ3n) is 4.33. The molecule has 0 radical (unpaired) electrons. The highest BCUT2D eigenvalue weighted by atomic mass is 16.5. The van der Waals surface area contributed by atoms with E-state index in [2.05, 4.69) is 59.7 Å². The van der Waals surface area contributed by atoms with Gasteiger partial charge in [-0.05, 0) is 29.3 Å². The lowest BCUT2D eigenvalue weighted by molar-refractivity contribution is -0.119. The zero-order valence-corrected chi connectivity index (χ0v) is 14.3. The Kier molecular flexibility index (Phi) is 5.28. The number of nitrogens with zero attached hydrogens (tertiary/aromatic N) is 1. The Hall–Kier alpha value is -2.17. The van der Waals surface area contributed by atoms with Gasteiger partial charge in [0, 0.05) is 26.6 Å². The van der Waals surface area contributed by atoms with Crippen LogP contribution in [0.4, 0.5) is 0 Å². The van der Waals surface area contributed by atoms with Crippen molar-refractivity contribution in [3.05, 3.63) is 70.8 Å².